The molecule has 1 aromatic heterocycles. The molecule has 2 rings (SSSR count). The Balaban J connectivity index is 2.34. The van der Waals surface area contributed by atoms with Crippen molar-refractivity contribution in [2.45, 2.75) is 77.2 Å². The summed E-state index contributed by atoms with van der Waals surface area (Å²) in [6.07, 6.45) is 0.334. The van der Waals surface area contributed by atoms with E-state index in [9.17, 15) is 14.4 Å². The van der Waals surface area contributed by atoms with E-state index in [1.807, 2.05) is 0 Å². The molecule has 172 valence electrons. The summed E-state index contributed by atoms with van der Waals surface area (Å²) >= 11 is 0. The van der Waals surface area contributed by atoms with Crippen LogP contribution in [0.15, 0.2) is 20.9 Å². The third-order valence-corrected chi connectivity index (χ3v) is 10.5. The average Bonchev–Trinajstić information content (AvgIpc) is 3.08. The Labute approximate surface area is 181 Å². The monoisotopic (exact) mass is 453 g/mol. The SMILES string of the molecule is COC(=O)Cn1c(=O)c(C)cn([C@H]2C[C@H](N=[N+]=[N-])[C@@H](CO[Si](C)(C)C(C)(C)C)O2)c1=O. The van der Waals surface area contributed by atoms with Gasteiger partial charge in [0.05, 0.1) is 25.9 Å². The Morgan fingerprint density at radius 3 is 2.58 bits per heavy atom. The van der Waals surface area contributed by atoms with E-state index >= 15 is 0 Å². The first-order valence-corrected chi connectivity index (χ1v) is 13.0. The number of hydrogen-bond acceptors (Lipinski definition) is 7. The van der Waals surface area contributed by atoms with Crippen LogP contribution >= 0.6 is 0 Å². The van der Waals surface area contributed by atoms with Crippen LogP contribution in [0.5, 0.6) is 0 Å². The van der Waals surface area contributed by atoms with E-state index in [4.69, 9.17) is 14.7 Å². The second-order valence-corrected chi connectivity index (χ2v) is 14.0. The van der Waals surface area contributed by atoms with Crippen LogP contribution in [0.25, 0.3) is 10.4 Å². The van der Waals surface area contributed by atoms with Crippen molar-refractivity contribution < 1.29 is 18.7 Å². The van der Waals surface area contributed by atoms with Crippen LogP contribution in [0.4, 0.5) is 0 Å². The Kier molecular flexibility index (Phi) is 7.53. The molecule has 0 amide bonds. The summed E-state index contributed by atoms with van der Waals surface area (Å²) in [6, 6.07) is -0.534. The van der Waals surface area contributed by atoms with Gasteiger partial charge in [0.25, 0.3) is 5.56 Å². The number of aryl methyl sites for hydroxylation is 1. The Hall–Kier alpha value is -2.40. The standard InChI is InChI=1S/C19H31N5O6Si/c1-12-9-23(18(27)24(17(12)26)10-16(25)28-5)15-8-13(21-22-20)14(30-15)11-29-31(6,7)19(2,3)4/h9,13-15H,8,10-11H2,1-7H3/t13-,14+,15+/m0/s1. The van der Waals surface area contributed by atoms with Crippen molar-refractivity contribution in [2.24, 2.45) is 5.11 Å². The minimum absolute atomic E-state index is 0.00354. The molecular formula is C19H31N5O6Si. The smallest absolute Gasteiger partial charge is 0.333 e. The highest BCUT2D eigenvalue weighted by Gasteiger charge is 2.41. The first-order valence-electron chi connectivity index (χ1n) is 10.1. The number of ether oxygens (including phenoxy) is 2. The maximum Gasteiger partial charge on any atom is 0.333 e. The highest BCUT2D eigenvalue weighted by atomic mass is 28.4. The molecule has 0 saturated carbocycles. The fraction of sp³-hybridized carbons (Fsp3) is 0.737. The Bertz CT molecular complexity index is 989. The number of azide groups is 1. The van der Waals surface area contributed by atoms with E-state index in [1.54, 1.807) is 6.92 Å². The first-order chi connectivity index (χ1) is 14.3. The van der Waals surface area contributed by atoms with Gasteiger partial charge in [-0.25, -0.2) is 9.36 Å². The van der Waals surface area contributed by atoms with Crippen LogP contribution in [0.3, 0.4) is 0 Å². The number of carbonyl (C=O) groups excluding carboxylic acids is 1. The molecule has 1 aromatic rings. The zero-order valence-corrected chi connectivity index (χ0v) is 20.1. The van der Waals surface area contributed by atoms with Crippen molar-refractivity contribution in [1.82, 2.24) is 9.13 Å². The highest BCUT2D eigenvalue weighted by Crippen LogP contribution is 2.38. The summed E-state index contributed by atoms with van der Waals surface area (Å²) < 4.78 is 18.9. The van der Waals surface area contributed by atoms with Gasteiger partial charge >= 0.3 is 11.7 Å². The maximum atomic E-state index is 12.9. The fourth-order valence-electron chi connectivity index (χ4n) is 3.03. The van der Waals surface area contributed by atoms with Crippen LogP contribution in [0, 0.1) is 6.92 Å². The molecule has 2 heterocycles. The molecule has 0 unspecified atom stereocenters. The largest absolute Gasteiger partial charge is 0.468 e. The Morgan fingerprint density at radius 2 is 2.03 bits per heavy atom. The second kappa shape index (κ2) is 9.39. The molecule has 1 saturated heterocycles. The zero-order valence-electron chi connectivity index (χ0n) is 19.1. The number of esters is 1. The molecule has 1 aliphatic rings. The van der Waals surface area contributed by atoms with Gasteiger partial charge in [-0.15, -0.1) is 0 Å². The van der Waals surface area contributed by atoms with Gasteiger partial charge in [-0.1, -0.05) is 25.9 Å². The van der Waals surface area contributed by atoms with Gasteiger partial charge in [-0.2, -0.15) is 0 Å². The summed E-state index contributed by atoms with van der Waals surface area (Å²) in [5.41, 5.74) is 7.97. The minimum atomic E-state index is -2.07. The van der Waals surface area contributed by atoms with Crippen LogP contribution in [0.2, 0.25) is 18.1 Å². The summed E-state index contributed by atoms with van der Waals surface area (Å²) in [5, 5.41) is 3.83. The van der Waals surface area contributed by atoms with E-state index in [1.165, 1.54) is 17.9 Å². The van der Waals surface area contributed by atoms with Crippen LogP contribution in [0.1, 0.15) is 39.0 Å². The van der Waals surface area contributed by atoms with Gasteiger partial charge in [-0.05, 0) is 30.6 Å². The topological polar surface area (TPSA) is 138 Å². The molecule has 0 radical (unpaired) electrons. The third-order valence-electron chi connectivity index (χ3n) is 6.01. The lowest BCUT2D eigenvalue weighted by molar-refractivity contribution is -0.141. The van der Waals surface area contributed by atoms with Gasteiger partial charge < -0.3 is 13.9 Å². The van der Waals surface area contributed by atoms with Crippen molar-refractivity contribution >= 4 is 14.3 Å². The number of aromatic nitrogens is 2. The summed E-state index contributed by atoms with van der Waals surface area (Å²) in [4.78, 5) is 39.8. The van der Waals surface area contributed by atoms with Crippen molar-refractivity contribution in [1.29, 1.82) is 0 Å². The minimum Gasteiger partial charge on any atom is -0.468 e. The van der Waals surface area contributed by atoms with Crippen molar-refractivity contribution in [3.63, 3.8) is 0 Å². The second-order valence-electron chi connectivity index (χ2n) is 9.18. The molecule has 3 atom stereocenters. The van der Waals surface area contributed by atoms with Crippen molar-refractivity contribution in [3.05, 3.63) is 43.0 Å². The molecule has 0 aliphatic carbocycles. The molecule has 1 aliphatic heterocycles. The van der Waals surface area contributed by atoms with Gasteiger partial charge in [0.15, 0.2) is 8.32 Å². The van der Waals surface area contributed by atoms with E-state index < -0.39 is 50.5 Å². The zero-order chi connectivity index (χ0) is 23.6. The van der Waals surface area contributed by atoms with Crippen LogP contribution in [-0.2, 0) is 25.2 Å². The molecule has 0 aromatic carbocycles. The first kappa shape index (κ1) is 24.9. The summed E-state index contributed by atoms with van der Waals surface area (Å²) in [5.74, 6) is -0.712. The summed E-state index contributed by atoms with van der Waals surface area (Å²) in [7, 11) is -0.885. The highest BCUT2D eigenvalue weighted by molar-refractivity contribution is 6.74. The van der Waals surface area contributed by atoms with Gasteiger partial charge in [-0.3, -0.25) is 14.2 Å². The van der Waals surface area contributed by atoms with E-state index in [0.717, 1.165) is 4.57 Å². The fourth-order valence-corrected chi connectivity index (χ4v) is 4.04. The van der Waals surface area contributed by atoms with Crippen molar-refractivity contribution in [2.75, 3.05) is 13.7 Å². The number of rotatable bonds is 7. The molecule has 31 heavy (non-hydrogen) atoms. The summed E-state index contributed by atoms with van der Waals surface area (Å²) in [6.45, 7) is 11.9. The molecule has 1 fully saturated rings. The van der Waals surface area contributed by atoms with Gasteiger partial charge in [0.1, 0.15) is 12.8 Å². The van der Waals surface area contributed by atoms with Crippen LogP contribution < -0.4 is 11.2 Å². The van der Waals surface area contributed by atoms with Crippen molar-refractivity contribution in [3.8, 4) is 0 Å². The number of carbonyl (C=O) groups is 1. The molecule has 11 nitrogen and oxygen atoms in total. The predicted octanol–water partition coefficient (Wildman–Crippen LogP) is 2.48. The number of methoxy groups -OCH3 is 1. The number of hydrogen-bond donors (Lipinski definition) is 0. The van der Waals surface area contributed by atoms with E-state index in [-0.39, 0.29) is 23.6 Å². The molecule has 0 bridgehead atoms. The lowest BCUT2D eigenvalue weighted by Gasteiger charge is -2.37. The normalized spacial score (nSPS) is 21.6. The van der Waals surface area contributed by atoms with Gasteiger partial charge in [0, 0.05) is 23.1 Å². The van der Waals surface area contributed by atoms with E-state index in [0.29, 0.717) is 0 Å². The van der Waals surface area contributed by atoms with E-state index in [2.05, 4.69) is 48.6 Å². The molecule has 12 heteroatoms. The molecule has 0 spiro atoms. The average molecular weight is 454 g/mol. The lowest BCUT2D eigenvalue weighted by Crippen LogP contribution is -2.44. The lowest BCUT2D eigenvalue weighted by atomic mass is 10.1. The molecule has 0 N–H and O–H groups in total. The Morgan fingerprint density at radius 1 is 1.39 bits per heavy atom. The third kappa shape index (κ3) is 5.45. The van der Waals surface area contributed by atoms with Gasteiger partial charge in [0.2, 0.25) is 0 Å². The number of nitrogens with zero attached hydrogens (tertiary/aromatic N) is 5. The predicted molar refractivity (Wildman–Crippen MR) is 116 cm³/mol. The quantitative estimate of drug-likeness (QED) is 0.204. The van der Waals surface area contributed by atoms with Crippen LogP contribution in [-0.4, -0.2) is 49.3 Å². The molecular weight excluding hydrogens is 422 g/mol. The maximum absolute atomic E-state index is 12.9.